The first-order valence-corrected chi connectivity index (χ1v) is 5.51. The molecule has 0 bridgehead atoms. The van der Waals surface area contributed by atoms with Gasteiger partial charge in [0.25, 0.3) is 5.91 Å². The molecule has 0 radical (unpaired) electrons. The fraction of sp³-hybridized carbons (Fsp3) is 0.0769. The Labute approximate surface area is 103 Å². The van der Waals surface area contributed by atoms with Crippen LogP contribution >= 0.6 is 0 Å². The molecular formula is C13H11N3O2. The maximum Gasteiger partial charge on any atom is 0.291 e. The van der Waals surface area contributed by atoms with Crippen LogP contribution in [0, 0.1) is 0 Å². The normalized spacial score (nSPS) is 10.7. The Morgan fingerprint density at radius 1 is 1.39 bits per heavy atom. The van der Waals surface area contributed by atoms with Crippen LogP contribution in [0.25, 0.3) is 11.0 Å². The van der Waals surface area contributed by atoms with Gasteiger partial charge in [-0.1, -0.05) is 18.2 Å². The number of rotatable bonds is 2. The second kappa shape index (κ2) is 4.03. The van der Waals surface area contributed by atoms with Gasteiger partial charge in [-0.05, 0) is 12.1 Å². The molecule has 0 atom stereocenters. The molecule has 0 saturated heterocycles. The number of anilines is 1. The first kappa shape index (κ1) is 10.6. The van der Waals surface area contributed by atoms with E-state index in [0.717, 1.165) is 5.39 Å². The molecule has 0 spiro atoms. The Morgan fingerprint density at radius 2 is 2.22 bits per heavy atom. The number of aryl methyl sites for hydroxylation is 1. The second-order valence-electron chi connectivity index (χ2n) is 4.01. The smallest absolute Gasteiger partial charge is 0.291 e. The van der Waals surface area contributed by atoms with Crippen molar-refractivity contribution in [3.63, 3.8) is 0 Å². The molecule has 2 heterocycles. The Bertz CT molecular complexity index is 679. The van der Waals surface area contributed by atoms with E-state index < -0.39 is 0 Å². The van der Waals surface area contributed by atoms with Gasteiger partial charge in [-0.25, -0.2) is 0 Å². The van der Waals surface area contributed by atoms with Gasteiger partial charge in [0, 0.05) is 18.6 Å². The van der Waals surface area contributed by atoms with Crippen molar-refractivity contribution in [3.05, 3.63) is 48.5 Å². The predicted molar refractivity (Wildman–Crippen MR) is 67.4 cm³/mol. The molecule has 1 N–H and O–H groups in total. The number of aromatic nitrogens is 2. The molecule has 3 rings (SSSR count). The molecule has 0 fully saturated rings. The zero-order valence-corrected chi connectivity index (χ0v) is 9.75. The molecule has 0 aliphatic heterocycles. The zero-order chi connectivity index (χ0) is 12.5. The van der Waals surface area contributed by atoms with E-state index in [0.29, 0.717) is 17.0 Å². The van der Waals surface area contributed by atoms with Gasteiger partial charge in [-0.15, -0.1) is 0 Å². The highest BCUT2D eigenvalue weighted by Crippen LogP contribution is 2.19. The number of furan rings is 1. The van der Waals surface area contributed by atoms with Crippen molar-refractivity contribution in [2.45, 2.75) is 0 Å². The van der Waals surface area contributed by atoms with Gasteiger partial charge in [0.05, 0.1) is 11.9 Å². The van der Waals surface area contributed by atoms with Crippen molar-refractivity contribution in [1.29, 1.82) is 0 Å². The quantitative estimate of drug-likeness (QED) is 0.749. The number of amides is 1. The minimum absolute atomic E-state index is 0.279. The molecule has 0 aliphatic rings. The van der Waals surface area contributed by atoms with Gasteiger partial charge in [0.2, 0.25) is 0 Å². The summed E-state index contributed by atoms with van der Waals surface area (Å²) >= 11 is 0. The highest BCUT2D eigenvalue weighted by molar-refractivity contribution is 6.04. The molecule has 18 heavy (non-hydrogen) atoms. The lowest BCUT2D eigenvalue weighted by Gasteiger charge is -1.97. The van der Waals surface area contributed by atoms with Gasteiger partial charge in [-0.2, -0.15) is 5.10 Å². The van der Waals surface area contributed by atoms with Gasteiger partial charge < -0.3 is 9.73 Å². The van der Waals surface area contributed by atoms with Crippen LogP contribution in [0.5, 0.6) is 0 Å². The van der Waals surface area contributed by atoms with Crippen molar-refractivity contribution < 1.29 is 9.21 Å². The number of fused-ring (bicyclic) bond motifs is 1. The highest BCUT2D eigenvalue weighted by atomic mass is 16.3. The minimum atomic E-state index is -0.279. The summed E-state index contributed by atoms with van der Waals surface area (Å²) in [6.07, 6.45) is 3.31. The topological polar surface area (TPSA) is 60.1 Å². The molecule has 0 aliphatic carbocycles. The van der Waals surface area contributed by atoms with E-state index in [9.17, 15) is 4.79 Å². The summed E-state index contributed by atoms with van der Waals surface area (Å²) in [6.45, 7) is 0. The fourth-order valence-electron chi connectivity index (χ4n) is 1.77. The molecule has 0 unspecified atom stereocenters. The second-order valence-corrected chi connectivity index (χ2v) is 4.01. The summed E-state index contributed by atoms with van der Waals surface area (Å²) in [4.78, 5) is 12.0. The Balaban J connectivity index is 1.87. The molecular weight excluding hydrogens is 230 g/mol. The molecule has 0 saturated carbocycles. The van der Waals surface area contributed by atoms with Gasteiger partial charge in [0.15, 0.2) is 5.76 Å². The van der Waals surface area contributed by atoms with E-state index in [-0.39, 0.29) is 5.91 Å². The van der Waals surface area contributed by atoms with Crippen LogP contribution in [0.3, 0.4) is 0 Å². The van der Waals surface area contributed by atoms with E-state index >= 15 is 0 Å². The lowest BCUT2D eigenvalue weighted by atomic mass is 10.2. The molecule has 5 nitrogen and oxygen atoms in total. The third-order valence-corrected chi connectivity index (χ3v) is 2.61. The van der Waals surface area contributed by atoms with E-state index in [2.05, 4.69) is 10.4 Å². The fourth-order valence-corrected chi connectivity index (χ4v) is 1.77. The summed E-state index contributed by atoms with van der Waals surface area (Å²) < 4.78 is 7.09. The molecule has 1 aromatic carbocycles. The van der Waals surface area contributed by atoms with E-state index in [4.69, 9.17) is 4.42 Å². The first-order chi connectivity index (χ1) is 8.72. The number of nitrogens with one attached hydrogen (secondary N) is 1. The van der Waals surface area contributed by atoms with Crippen LogP contribution in [0.1, 0.15) is 10.6 Å². The Hall–Kier alpha value is -2.56. The molecule has 5 heteroatoms. The lowest BCUT2D eigenvalue weighted by Crippen LogP contribution is -2.10. The van der Waals surface area contributed by atoms with Crippen molar-refractivity contribution in [3.8, 4) is 0 Å². The van der Waals surface area contributed by atoms with Crippen molar-refractivity contribution >= 4 is 22.6 Å². The molecule has 90 valence electrons. The Morgan fingerprint density at radius 3 is 2.94 bits per heavy atom. The van der Waals surface area contributed by atoms with E-state index in [1.54, 1.807) is 30.2 Å². The number of nitrogens with zero attached hydrogens (tertiary/aromatic N) is 2. The molecule has 1 amide bonds. The van der Waals surface area contributed by atoms with E-state index in [1.165, 1.54) is 0 Å². The third-order valence-electron chi connectivity index (χ3n) is 2.61. The average molecular weight is 241 g/mol. The van der Waals surface area contributed by atoms with Crippen LogP contribution in [0.4, 0.5) is 5.69 Å². The monoisotopic (exact) mass is 241 g/mol. The van der Waals surface area contributed by atoms with Crippen molar-refractivity contribution in [2.24, 2.45) is 7.05 Å². The SMILES string of the molecule is Cn1cc(NC(=O)c2cc3ccccc3o2)cn1. The predicted octanol–water partition coefficient (Wildman–Crippen LogP) is 2.42. The van der Waals surface area contributed by atoms with Crippen LogP contribution < -0.4 is 5.32 Å². The van der Waals surface area contributed by atoms with E-state index in [1.807, 2.05) is 24.3 Å². The van der Waals surface area contributed by atoms with Crippen molar-refractivity contribution in [1.82, 2.24) is 9.78 Å². The first-order valence-electron chi connectivity index (χ1n) is 5.51. The number of hydrogen-bond acceptors (Lipinski definition) is 3. The Kier molecular flexibility index (Phi) is 2.37. The summed E-state index contributed by atoms with van der Waals surface area (Å²) in [5, 5.41) is 7.61. The summed E-state index contributed by atoms with van der Waals surface area (Å²) in [5.41, 5.74) is 1.34. The number of hydrogen-bond donors (Lipinski definition) is 1. The maximum atomic E-state index is 12.0. The largest absolute Gasteiger partial charge is 0.451 e. The van der Waals surface area contributed by atoms with Crippen LogP contribution in [-0.4, -0.2) is 15.7 Å². The number of para-hydroxylation sites is 1. The van der Waals surface area contributed by atoms with Gasteiger partial charge in [-0.3, -0.25) is 9.48 Å². The minimum Gasteiger partial charge on any atom is -0.451 e. The van der Waals surface area contributed by atoms with Gasteiger partial charge in [0.1, 0.15) is 5.58 Å². The van der Waals surface area contributed by atoms with Crippen molar-refractivity contribution in [2.75, 3.05) is 5.32 Å². The molecule has 3 aromatic rings. The van der Waals surface area contributed by atoms with Gasteiger partial charge >= 0.3 is 0 Å². The summed E-state index contributed by atoms with van der Waals surface area (Å²) in [7, 11) is 1.79. The number of benzene rings is 1. The number of carbonyl (C=O) groups is 1. The van der Waals surface area contributed by atoms with Crippen LogP contribution in [-0.2, 0) is 7.05 Å². The lowest BCUT2D eigenvalue weighted by molar-refractivity contribution is 0.0998. The standard InChI is InChI=1S/C13H11N3O2/c1-16-8-10(7-14-16)15-13(17)12-6-9-4-2-3-5-11(9)18-12/h2-8H,1H3,(H,15,17). The summed E-state index contributed by atoms with van der Waals surface area (Å²) in [5.74, 6) is 0.0132. The highest BCUT2D eigenvalue weighted by Gasteiger charge is 2.12. The average Bonchev–Trinajstić information content (AvgIpc) is 2.95. The van der Waals surface area contributed by atoms with Crippen LogP contribution in [0.2, 0.25) is 0 Å². The van der Waals surface area contributed by atoms with Crippen LogP contribution in [0.15, 0.2) is 47.1 Å². The third kappa shape index (κ3) is 1.86. The number of carbonyl (C=O) groups excluding carboxylic acids is 1. The molecule has 2 aromatic heterocycles. The zero-order valence-electron chi connectivity index (χ0n) is 9.75. The maximum absolute atomic E-state index is 12.0. The summed E-state index contributed by atoms with van der Waals surface area (Å²) in [6, 6.07) is 9.23.